The lowest BCUT2D eigenvalue weighted by Crippen LogP contribution is -2.13. The summed E-state index contributed by atoms with van der Waals surface area (Å²) >= 11 is 12.1. The molecule has 0 amide bonds. The van der Waals surface area contributed by atoms with E-state index in [0.29, 0.717) is 10.0 Å². The van der Waals surface area contributed by atoms with Gasteiger partial charge in [0.25, 0.3) is 0 Å². The molecule has 0 aliphatic heterocycles. The number of rotatable bonds is 5. The molecule has 1 heterocycles. The zero-order chi connectivity index (χ0) is 17.6. The van der Waals surface area contributed by atoms with Crippen LogP contribution in [0.2, 0.25) is 10.0 Å². The van der Waals surface area contributed by atoms with Crippen molar-refractivity contribution in [3.63, 3.8) is 0 Å². The number of aryl methyl sites for hydroxylation is 1. The summed E-state index contributed by atoms with van der Waals surface area (Å²) in [4.78, 5) is 4.61. The molecule has 1 aliphatic carbocycles. The molecule has 3 heteroatoms. The van der Waals surface area contributed by atoms with Crippen molar-refractivity contribution in [3.8, 4) is 11.3 Å². The van der Waals surface area contributed by atoms with E-state index in [4.69, 9.17) is 23.2 Å². The summed E-state index contributed by atoms with van der Waals surface area (Å²) in [6.45, 7) is 2.13. The predicted molar refractivity (Wildman–Crippen MR) is 108 cm³/mol. The molecular weight excluding hydrogens is 349 g/mol. The number of nitrogens with zero attached hydrogens (tertiary/aromatic N) is 1. The molecule has 0 radical (unpaired) electrons. The molecule has 1 aliphatic rings. The number of benzene rings is 1. The van der Waals surface area contributed by atoms with Gasteiger partial charge in [-0.05, 0) is 81.0 Å². The summed E-state index contributed by atoms with van der Waals surface area (Å²) in [5.41, 5.74) is 3.26. The van der Waals surface area contributed by atoms with Crippen molar-refractivity contribution in [3.05, 3.63) is 64.3 Å². The number of halogens is 2. The van der Waals surface area contributed by atoms with Crippen molar-refractivity contribution < 1.29 is 0 Å². The summed E-state index contributed by atoms with van der Waals surface area (Å²) in [6.07, 6.45) is 14.4. The van der Waals surface area contributed by atoms with Crippen LogP contribution in [0.3, 0.4) is 0 Å². The summed E-state index contributed by atoms with van der Waals surface area (Å²) in [5.74, 6) is 1.68. The van der Waals surface area contributed by atoms with Gasteiger partial charge in [-0.3, -0.25) is 4.98 Å². The van der Waals surface area contributed by atoms with E-state index in [0.717, 1.165) is 29.5 Å². The molecule has 1 aromatic heterocycles. The normalized spacial score (nSPS) is 20.9. The van der Waals surface area contributed by atoms with Crippen LogP contribution in [0, 0.1) is 11.8 Å². The van der Waals surface area contributed by atoms with Crippen LogP contribution in [-0.2, 0) is 6.42 Å². The summed E-state index contributed by atoms with van der Waals surface area (Å²) in [7, 11) is 0. The minimum absolute atomic E-state index is 0.568. The van der Waals surface area contributed by atoms with E-state index in [9.17, 15) is 0 Å². The molecule has 1 nitrogen and oxygen atoms in total. The fourth-order valence-electron chi connectivity index (χ4n) is 3.71. The van der Waals surface area contributed by atoms with Gasteiger partial charge in [-0.15, -0.1) is 0 Å². The Bertz CT molecular complexity index is 713. The fraction of sp³-hybridized carbons (Fsp3) is 0.409. The number of aromatic nitrogens is 1. The number of hydrogen-bond acceptors (Lipinski definition) is 1. The van der Waals surface area contributed by atoms with Gasteiger partial charge < -0.3 is 0 Å². The Labute approximate surface area is 161 Å². The fourth-order valence-corrected chi connectivity index (χ4v) is 4.01. The Balaban J connectivity index is 1.54. The average Bonchev–Trinajstić information content (AvgIpc) is 2.64. The molecule has 0 saturated heterocycles. The van der Waals surface area contributed by atoms with Gasteiger partial charge in [0, 0.05) is 11.8 Å². The van der Waals surface area contributed by atoms with Crippen molar-refractivity contribution in [1.29, 1.82) is 0 Å². The molecule has 132 valence electrons. The third kappa shape index (κ3) is 5.09. The standard InChI is InChI=1S/C22H25Cl2N/c1-2-3-16-4-6-17(7-5-16)8-9-18-10-13-22(25-15-18)19-11-12-20(23)21(24)14-19/h2-3,10-17H,4-9H2,1H3/b3-2+. The maximum absolute atomic E-state index is 6.10. The minimum atomic E-state index is 0.568. The molecular formula is C22H25Cl2N. The summed E-state index contributed by atoms with van der Waals surface area (Å²) in [5, 5.41) is 1.14. The number of pyridine rings is 1. The first-order valence-corrected chi connectivity index (χ1v) is 9.94. The second kappa shape index (κ2) is 8.87. The second-order valence-corrected chi connectivity index (χ2v) is 7.84. The average molecular weight is 374 g/mol. The highest BCUT2D eigenvalue weighted by Crippen LogP contribution is 2.32. The van der Waals surface area contributed by atoms with Crippen LogP contribution in [0.25, 0.3) is 11.3 Å². The molecule has 0 unspecified atom stereocenters. The third-order valence-corrected chi connectivity index (χ3v) is 5.98. The minimum Gasteiger partial charge on any atom is -0.256 e. The predicted octanol–water partition coefficient (Wildman–Crippen LogP) is 7.37. The van der Waals surface area contributed by atoms with Crippen LogP contribution >= 0.6 is 23.2 Å². The Morgan fingerprint density at radius 3 is 2.48 bits per heavy atom. The molecule has 25 heavy (non-hydrogen) atoms. The van der Waals surface area contributed by atoms with Crippen LogP contribution < -0.4 is 0 Å². The maximum Gasteiger partial charge on any atom is 0.0702 e. The van der Waals surface area contributed by atoms with Gasteiger partial charge in [-0.1, -0.05) is 47.5 Å². The first kappa shape index (κ1) is 18.5. The molecule has 1 fully saturated rings. The van der Waals surface area contributed by atoms with Crippen molar-refractivity contribution in [2.75, 3.05) is 0 Å². The van der Waals surface area contributed by atoms with Crippen molar-refractivity contribution in [1.82, 2.24) is 4.98 Å². The lowest BCUT2D eigenvalue weighted by atomic mass is 9.79. The highest BCUT2D eigenvalue weighted by atomic mass is 35.5. The van der Waals surface area contributed by atoms with E-state index in [1.165, 1.54) is 37.7 Å². The molecule has 0 N–H and O–H groups in total. The van der Waals surface area contributed by atoms with Gasteiger partial charge in [0.05, 0.1) is 15.7 Å². The molecule has 1 saturated carbocycles. The molecule has 0 bridgehead atoms. The van der Waals surface area contributed by atoms with Gasteiger partial charge >= 0.3 is 0 Å². The topological polar surface area (TPSA) is 12.9 Å². The lowest BCUT2D eigenvalue weighted by Gasteiger charge is -2.26. The van der Waals surface area contributed by atoms with Gasteiger partial charge in [0.15, 0.2) is 0 Å². The molecule has 2 aromatic rings. The van der Waals surface area contributed by atoms with E-state index < -0.39 is 0 Å². The largest absolute Gasteiger partial charge is 0.256 e. The molecule has 1 aromatic carbocycles. The van der Waals surface area contributed by atoms with Crippen LogP contribution in [0.15, 0.2) is 48.7 Å². The van der Waals surface area contributed by atoms with Crippen molar-refractivity contribution in [2.24, 2.45) is 11.8 Å². The molecule has 0 spiro atoms. The molecule has 3 rings (SSSR count). The highest BCUT2D eigenvalue weighted by molar-refractivity contribution is 6.42. The van der Waals surface area contributed by atoms with Crippen LogP contribution in [0.4, 0.5) is 0 Å². The lowest BCUT2D eigenvalue weighted by molar-refractivity contribution is 0.296. The maximum atomic E-state index is 6.10. The summed E-state index contributed by atoms with van der Waals surface area (Å²) in [6, 6.07) is 9.92. The van der Waals surface area contributed by atoms with Gasteiger partial charge in [0.1, 0.15) is 0 Å². The Morgan fingerprint density at radius 1 is 1.04 bits per heavy atom. The Kier molecular flexibility index (Phi) is 6.56. The zero-order valence-electron chi connectivity index (χ0n) is 14.7. The quantitative estimate of drug-likeness (QED) is 0.498. The van der Waals surface area contributed by atoms with E-state index in [2.05, 4.69) is 36.2 Å². The van der Waals surface area contributed by atoms with E-state index >= 15 is 0 Å². The van der Waals surface area contributed by atoms with E-state index in [1.807, 2.05) is 24.4 Å². The van der Waals surface area contributed by atoms with Crippen LogP contribution in [0.1, 0.15) is 44.6 Å². The Morgan fingerprint density at radius 2 is 1.84 bits per heavy atom. The number of hydrogen-bond donors (Lipinski definition) is 0. The third-order valence-electron chi connectivity index (χ3n) is 5.24. The van der Waals surface area contributed by atoms with E-state index in [1.54, 1.807) is 0 Å². The first-order chi connectivity index (χ1) is 12.2. The monoisotopic (exact) mass is 373 g/mol. The van der Waals surface area contributed by atoms with Gasteiger partial charge in [0.2, 0.25) is 0 Å². The molecule has 0 atom stereocenters. The first-order valence-electron chi connectivity index (χ1n) is 9.19. The number of allylic oxidation sites excluding steroid dienone is 2. The summed E-state index contributed by atoms with van der Waals surface area (Å²) < 4.78 is 0. The second-order valence-electron chi connectivity index (χ2n) is 7.03. The van der Waals surface area contributed by atoms with E-state index in [-0.39, 0.29) is 0 Å². The van der Waals surface area contributed by atoms with Crippen LogP contribution in [0.5, 0.6) is 0 Å². The van der Waals surface area contributed by atoms with Gasteiger partial charge in [-0.2, -0.15) is 0 Å². The van der Waals surface area contributed by atoms with Crippen LogP contribution in [-0.4, -0.2) is 4.98 Å². The van der Waals surface area contributed by atoms with Crippen molar-refractivity contribution >= 4 is 23.2 Å². The Hall–Kier alpha value is -1.31. The zero-order valence-corrected chi connectivity index (χ0v) is 16.2. The SMILES string of the molecule is C/C=C/C1CCC(CCc2ccc(-c3ccc(Cl)c(Cl)c3)nc2)CC1. The van der Waals surface area contributed by atoms with Gasteiger partial charge in [-0.25, -0.2) is 0 Å². The highest BCUT2D eigenvalue weighted by Gasteiger charge is 2.19. The van der Waals surface area contributed by atoms with Crippen molar-refractivity contribution in [2.45, 2.75) is 45.4 Å². The smallest absolute Gasteiger partial charge is 0.0702 e.